The Balaban J connectivity index is 2.13. The number of aromatic nitrogens is 4. The summed E-state index contributed by atoms with van der Waals surface area (Å²) in [6.07, 6.45) is 15.1. The van der Waals surface area contributed by atoms with Crippen molar-refractivity contribution in [3.8, 4) is 0 Å². The van der Waals surface area contributed by atoms with E-state index in [-0.39, 0.29) is 0 Å². The summed E-state index contributed by atoms with van der Waals surface area (Å²) in [5, 5.41) is 0. The second kappa shape index (κ2) is 6.94. The van der Waals surface area contributed by atoms with Crippen LogP contribution >= 0.6 is 0 Å². The van der Waals surface area contributed by atoms with E-state index in [1.807, 2.05) is 73.8 Å². The molecular formula is C20H16AlN4-. The molecule has 0 aliphatic carbocycles. The van der Waals surface area contributed by atoms with E-state index >= 15 is 0 Å². The molecule has 0 aliphatic heterocycles. The smallest absolute Gasteiger partial charge is 0.269 e. The van der Waals surface area contributed by atoms with Gasteiger partial charge in [-0.1, -0.05) is 0 Å². The van der Waals surface area contributed by atoms with Gasteiger partial charge < -0.3 is 0 Å². The highest BCUT2D eigenvalue weighted by atomic mass is 27.2. The molecule has 0 saturated carbocycles. The van der Waals surface area contributed by atoms with Gasteiger partial charge in [-0.25, -0.2) is 0 Å². The van der Waals surface area contributed by atoms with Crippen molar-refractivity contribution in [3.05, 3.63) is 98.1 Å². The summed E-state index contributed by atoms with van der Waals surface area (Å²) in [5.41, 5.74) is 0. The van der Waals surface area contributed by atoms with Crippen molar-refractivity contribution in [1.29, 1.82) is 0 Å². The van der Waals surface area contributed by atoms with Gasteiger partial charge in [-0.15, -0.1) is 24.3 Å². The van der Waals surface area contributed by atoms with E-state index in [9.17, 15) is 0 Å². The molecule has 0 unspecified atom stereocenters. The van der Waals surface area contributed by atoms with E-state index in [2.05, 4.69) is 44.2 Å². The highest BCUT2D eigenvalue weighted by molar-refractivity contribution is 7.19. The van der Waals surface area contributed by atoms with E-state index in [1.165, 1.54) is 17.7 Å². The van der Waals surface area contributed by atoms with E-state index in [0.717, 1.165) is 0 Å². The number of hydrogen-bond donors (Lipinski definition) is 0. The summed E-state index contributed by atoms with van der Waals surface area (Å²) in [6, 6.07) is 16.6. The first-order valence-electron chi connectivity index (χ1n) is 8.20. The van der Waals surface area contributed by atoms with Gasteiger partial charge in [0.05, 0.1) is 0 Å². The highest BCUT2D eigenvalue weighted by Gasteiger charge is 2.37. The molecule has 0 spiro atoms. The van der Waals surface area contributed by atoms with Gasteiger partial charge in [0.25, 0.3) is 13.1 Å². The molecule has 0 aliphatic rings. The molecule has 0 atom stereocenters. The Kier molecular flexibility index (Phi) is 4.34. The van der Waals surface area contributed by atoms with Crippen LogP contribution in [0.5, 0.6) is 0 Å². The van der Waals surface area contributed by atoms with E-state index < -0.39 is 13.1 Å². The topological polar surface area (TPSA) is 51.6 Å². The van der Waals surface area contributed by atoms with E-state index in [1.54, 1.807) is 0 Å². The number of nitrogens with zero attached hydrogens (tertiary/aromatic N) is 4. The Morgan fingerprint density at radius 3 is 0.920 bits per heavy atom. The molecule has 5 heteroatoms. The molecule has 4 rings (SSSR count). The normalized spacial score (nSPS) is 11.2. The fourth-order valence-electron chi connectivity index (χ4n) is 3.68. The van der Waals surface area contributed by atoms with Crippen molar-refractivity contribution in [1.82, 2.24) is 19.9 Å². The second-order valence-electron chi connectivity index (χ2n) is 6.01. The van der Waals surface area contributed by atoms with Crippen molar-refractivity contribution in [3.63, 3.8) is 0 Å². The summed E-state index contributed by atoms with van der Waals surface area (Å²) in [7, 11) is 0. The summed E-state index contributed by atoms with van der Waals surface area (Å²) < 4.78 is 4.85. The first-order valence-corrected chi connectivity index (χ1v) is 10.5. The minimum atomic E-state index is -2.94. The largest absolute Gasteiger partial charge is 0.274 e. The van der Waals surface area contributed by atoms with Gasteiger partial charge in [0, 0.05) is 24.8 Å². The molecule has 120 valence electrons. The highest BCUT2D eigenvalue weighted by Crippen LogP contribution is 2.06. The summed E-state index contributed by atoms with van der Waals surface area (Å²) in [4.78, 5) is 17.6. The maximum Gasteiger partial charge on any atom is 0.274 e. The Bertz CT molecular complexity index is 769. The molecule has 0 radical (unpaired) electrons. The number of pyridine rings is 4. The molecule has 0 amide bonds. The summed E-state index contributed by atoms with van der Waals surface area (Å²) >= 11 is -2.94. The van der Waals surface area contributed by atoms with Crippen LogP contribution in [0.15, 0.2) is 98.1 Å². The van der Waals surface area contributed by atoms with Crippen molar-refractivity contribution in [2.24, 2.45) is 0 Å². The predicted octanol–water partition coefficient (Wildman–Crippen LogP) is 0.644. The van der Waals surface area contributed by atoms with Gasteiger partial charge in [0.2, 0.25) is 0 Å². The maximum atomic E-state index is 4.41. The second-order valence-corrected chi connectivity index (χ2v) is 10.4. The maximum absolute atomic E-state index is 4.41. The molecule has 4 aromatic heterocycles. The Labute approximate surface area is 149 Å². The van der Waals surface area contributed by atoms with Crippen LogP contribution in [0.25, 0.3) is 0 Å². The van der Waals surface area contributed by atoms with Crippen molar-refractivity contribution < 1.29 is 0 Å². The minimum Gasteiger partial charge on any atom is -0.269 e. The van der Waals surface area contributed by atoms with E-state index in [0.29, 0.717) is 0 Å². The quantitative estimate of drug-likeness (QED) is 0.512. The zero-order chi connectivity index (χ0) is 17.0. The molecule has 4 aromatic rings. The molecule has 0 aromatic carbocycles. The molecule has 4 heterocycles. The van der Waals surface area contributed by atoms with Crippen LogP contribution in [0.2, 0.25) is 0 Å². The fraction of sp³-hybridized carbons (Fsp3) is 0. The molecule has 0 fully saturated rings. The van der Waals surface area contributed by atoms with Crippen LogP contribution in [0.3, 0.4) is 0 Å². The standard InChI is InChI=1S/4C5H4N.Al/c4*1-2-4-6-5-3-1;/h4*1-2,4-5H;/q;;;;-1. The Hall–Kier alpha value is -2.87. The monoisotopic (exact) mass is 339 g/mol. The molecule has 0 saturated heterocycles. The molecule has 25 heavy (non-hydrogen) atoms. The zero-order valence-electron chi connectivity index (χ0n) is 13.6. The molecular weight excluding hydrogens is 323 g/mol. The van der Waals surface area contributed by atoms with Crippen molar-refractivity contribution >= 4 is 30.8 Å². The van der Waals surface area contributed by atoms with Crippen LogP contribution in [0.1, 0.15) is 0 Å². The van der Waals surface area contributed by atoms with Crippen molar-refractivity contribution in [2.75, 3.05) is 0 Å². The summed E-state index contributed by atoms with van der Waals surface area (Å²) in [5.74, 6) is 0. The third-order valence-corrected chi connectivity index (χ3v) is 10.1. The molecule has 4 nitrogen and oxygen atoms in total. The Morgan fingerprint density at radius 1 is 0.440 bits per heavy atom. The number of rotatable bonds is 4. The van der Waals surface area contributed by atoms with Crippen LogP contribution in [-0.2, 0) is 0 Å². The lowest BCUT2D eigenvalue weighted by Crippen LogP contribution is -2.75. The van der Waals surface area contributed by atoms with Gasteiger partial charge in [0.15, 0.2) is 0 Å². The lowest BCUT2D eigenvalue weighted by Gasteiger charge is -2.39. The number of hydrogen-bond acceptors (Lipinski definition) is 4. The van der Waals surface area contributed by atoms with Crippen LogP contribution < -0.4 is 17.7 Å². The lowest BCUT2D eigenvalue weighted by atomic mass is 10.5. The van der Waals surface area contributed by atoms with Crippen LogP contribution in [-0.4, -0.2) is 33.0 Å². The predicted molar refractivity (Wildman–Crippen MR) is 101 cm³/mol. The van der Waals surface area contributed by atoms with Crippen LogP contribution in [0, 0.1) is 0 Å². The average molecular weight is 339 g/mol. The first-order chi connectivity index (χ1) is 12.4. The van der Waals surface area contributed by atoms with Gasteiger partial charge in [-0.2, -0.15) is 17.7 Å². The van der Waals surface area contributed by atoms with Gasteiger partial charge in [0.1, 0.15) is 0 Å². The van der Waals surface area contributed by atoms with Crippen molar-refractivity contribution in [2.45, 2.75) is 0 Å². The van der Waals surface area contributed by atoms with Crippen LogP contribution in [0.4, 0.5) is 0 Å². The van der Waals surface area contributed by atoms with Gasteiger partial charge in [-0.05, 0) is 49.1 Å². The first kappa shape index (κ1) is 15.6. The molecule has 0 bridgehead atoms. The Morgan fingerprint density at radius 2 is 0.720 bits per heavy atom. The third-order valence-electron chi connectivity index (χ3n) is 4.74. The average Bonchev–Trinajstić information content (AvgIpc) is 2.72. The summed E-state index contributed by atoms with van der Waals surface area (Å²) in [6.45, 7) is 0. The molecule has 0 N–H and O–H groups in total. The van der Waals surface area contributed by atoms with E-state index in [4.69, 9.17) is 0 Å². The third kappa shape index (κ3) is 2.74. The minimum absolute atomic E-state index is 1.21. The SMILES string of the molecule is c1cnc[c]([Al-]([c]2cccnc2)([c]2cccnc2)[c]2cccnc2)c1. The fourth-order valence-corrected chi connectivity index (χ4v) is 8.83. The van der Waals surface area contributed by atoms with Gasteiger partial charge in [-0.3, -0.25) is 19.9 Å². The zero-order valence-corrected chi connectivity index (χ0v) is 14.8. The lowest BCUT2D eigenvalue weighted by molar-refractivity contribution is 1.32. The van der Waals surface area contributed by atoms with Gasteiger partial charge >= 0.3 is 0 Å².